The number of allylic oxidation sites excluding steroid dienone is 4. The molecular weight excluding hydrogens is 348 g/mol. The van der Waals surface area contributed by atoms with Crippen LogP contribution in [0.1, 0.15) is 82.8 Å². The van der Waals surface area contributed by atoms with Gasteiger partial charge in [0.15, 0.2) is 0 Å². The molecule has 0 heteroatoms. The lowest BCUT2D eigenvalue weighted by molar-refractivity contribution is 0.300. The number of benzene rings is 1. The van der Waals surface area contributed by atoms with Gasteiger partial charge in [-0.15, -0.1) is 6.42 Å². The summed E-state index contributed by atoms with van der Waals surface area (Å²) in [6, 6.07) is 8.72. The summed E-state index contributed by atoms with van der Waals surface area (Å²) in [6.07, 6.45) is 26.3. The molecule has 29 heavy (non-hydrogen) atoms. The van der Waals surface area contributed by atoms with Gasteiger partial charge in [-0.3, -0.25) is 0 Å². The van der Waals surface area contributed by atoms with Crippen LogP contribution in [0, 0.1) is 41.9 Å². The summed E-state index contributed by atoms with van der Waals surface area (Å²) in [4.78, 5) is 0. The summed E-state index contributed by atoms with van der Waals surface area (Å²) in [6.45, 7) is 4.54. The number of rotatable bonds is 6. The number of unbranched alkanes of at least 4 members (excludes halogenated alkanes) is 1. The maximum atomic E-state index is 6.10. The summed E-state index contributed by atoms with van der Waals surface area (Å²) in [5, 5.41) is 0. The van der Waals surface area contributed by atoms with E-state index < -0.39 is 0 Å². The highest BCUT2D eigenvalue weighted by atomic mass is 14.4. The first-order valence-corrected chi connectivity index (χ1v) is 11.7. The molecule has 1 aromatic rings. The van der Waals surface area contributed by atoms with E-state index >= 15 is 0 Å². The van der Waals surface area contributed by atoms with Gasteiger partial charge < -0.3 is 0 Å². The first kappa shape index (κ1) is 21.5. The summed E-state index contributed by atoms with van der Waals surface area (Å²) in [7, 11) is 0. The number of terminal acetylenes is 1. The van der Waals surface area contributed by atoms with Crippen molar-refractivity contribution in [3.63, 3.8) is 0 Å². The van der Waals surface area contributed by atoms with Crippen molar-refractivity contribution >= 4 is 0 Å². The van der Waals surface area contributed by atoms with E-state index in [9.17, 15) is 0 Å². The first-order chi connectivity index (χ1) is 14.2. The number of hydrogen-bond donors (Lipinski definition) is 0. The predicted octanol–water partition coefficient (Wildman–Crippen LogP) is 7.45. The second-order valence-electron chi connectivity index (χ2n) is 8.86. The van der Waals surface area contributed by atoms with Gasteiger partial charge in [0.05, 0.1) is 5.41 Å². The lowest BCUT2D eigenvalue weighted by Crippen LogP contribution is -2.32. The van der Waals surface area contributed by atoms with Gasteiger partial charge in [-0.1, -0.05) is 93.7 Å². The molecule has 152 valence electrons. The van der Waals surface area contributed by atoms with E-state index in [4.69, 9.17) is 6.42 Å². The maximum absolute atomic E-state index is 6.10. The van der Waals surface area contributed by atoms with Crippen molar-refractivity contribution < 1.29 is 0 Å². The third-order valence-electron chi connectivity index (χ3n) is 6.83. The standard InChI is InChI=1S/C29H36/c1-4-7-11-27-12-8-9-23-29(27,6-3)28-21-19-26(20-22-28)18-17-25-15-13-24(10-5-2)14-16-25/h3,8-9,12,19-25,27H,4-5,7,10-11,13-16H2,1-2H3/t24-,25-,27?,29?. The summed E-state index contributed by atoms with van der Waals surface area (Å²) in [5.41, 5.74) is 2.00. The van der Waals surface area contributed by atoms with Gasteiger partial charge in [-0.2, -0.15) is 0 Å². The van der Waals surface area contributed by atoms with Crippen molar-refractivity contribution in [2.24, 2.45) is 17.8 Å². The average molecular weight is 385 g/mol. The second-order valence-corrected chi connectivity index (χ2v) is 8.86. The van der Waals surface area contributed by atoms with E-state index in [1.54, 1.807) is 0 Å². The van der Waals surface area contributed by atoms with Crippen LogP contribution >= 0.6 is 0 Å². The quantitative estimate of drug-likeness (QED) is 0.447. The van der Waals surface area contributed by atoms with Crippen molar-refractivity contribution in [1.82, 2.24) is 0 Å². The summed E-state index contributed by atoms with van der Waals surface area (Å²) in [5.74, 6) is 12.0. The fourth-order valence-electron chi connectivity index (χ4n) is 5.00. The fourth-order valence-corrected chi connectivity index (χ4v) is 5.00. The molecule has 0 radical (unpaired) electrons. The van der Waals surface area contributed by atoms with E-state index in [0.29, 0.717) is 11.8 Å². The molecule has 0 nitrogen and oxygen atoms in total. The minimum atomic E-state index is -0.326. The highest BCUT2D eigenvalue weighted by Gasteiger charge is 2.35. The summed E-state index contributed by atoms with van der Waals surface area (Å²) >= 11 is 0. The van der Waals surface area contributed by atoms with E-state index in [2.05, 4.69) is 80.2 Å². The zero-order valence-corrected chi connectivity index (χ0v) is 18.3. The zero-order chi connectivity index (χ0) is 20.5. The molecule has 0 aromatic heterocycles. The van der Waals surface area contributed by atoms with Crippen LogP contribution in [0.2, 0.25) is 0 Å². The maximum Gasteiger partial charge on any atom is 0.0805 e. The first-order valence-electron chi connectivity index (χ1n) is 11.7. The van der Waals surface area contributed by atoms with Crippen molar-refractivity contribution in [2.75, 3.05) is 0 Å². The van der Waals surface area contributed by atoms with E-state index in [-0.39, 0.29) is 5.41 Å². The normalized spacial score (nSPS) is 28.4. The molecule has 1 aromatic carbocycles. The predicted molar refractivity (Wildman–Crippen MR) is 125 cm³/mol. The molecular formula is C29H36. The Morgan fingerprint density at radius 1 is 0.966 bits per heavy atom. The Kier molecular flexibility index (Phi) is 7.83. The lowest BCUT2D eigenvalue weighted by atomic mass is 9.67. The Balaban J connectivity index is 1.69. The van der Waals surface area contributed by atoms with E-state index in [1.807, 2.05) is 0 Å². The highest BCUT2D eigenvalue weighted by Crippen LogP contribution is 2.39. The average Bonchev–Trinajstić information content (AvgIpc) is 2.78. The largest absolute Gasteiger partial charge is 0.119 e. The molecule has 2 unspecified atom stereocenters. The molecule has 0 saturated heterocycles. The molecule has 2 aliphatic carbocycles. The van der Waals surface area contributed by atoms with E-state index in [0.717, 1.165) is 17.9 Å². The van der Waals surface area contributed by atoms with Crippen molar-refractivity contribution in [2.45, 2.75) is 77.0 Å². The second kappa shape index (κ2) is 10.6. The minimum Gasteiger partial charge on any atom is -0.119 e. The van der Waals surface area contributed by atoms with Crippen LogP contribution < -0.4 is 0 Å². The molecule has 2 atom stereocenters. The summed E-state index contributed by atoms with van der Waals surface area (Å²) < 4.78 is 0. The minimum absolute atomic E-state index is 0.326. The SMILES string of the molecule is C#CC1(c2ccc(C#C[C@H]3CC[C@H](CCC)CC3)cc2)C=CC=CC1CCCC. The van der Waals surface area contributed by atoms with Gasteiger partial charge in [0, 0.05) is 17.4 Å². The monoisotopic (exact) mass is 384 g/mol. The van der Waals surface area contributed by atoms with Gasteiger partial charge in [0.25, 0.3) is 0 Å². The van der Waals surface area contributed by atoms with Crippen LogP contribution in [0.25, 0.3) is 0 Å². The molecule has 0 heterocycles. The van der Waals surface area contributed by atoms with E-state index in [1.165, 1.54) is 56.9 Å². The van der Waals surface area contributed by atoms with Crippen molar-refractivity contribution in [3.8, 4) is 24.2 Å². The fraction of sp³-hybridized carbons (Fsp3) is 0.517. The van der Waals surface area contributed by atoms with Crippen LogP contribution in [0.5, 0.6) is 0 Å². The topological polar surface area (TPSA) is 0 Å². The zero-order valence-electron chi connectivity index (χ0n) is 18.3. The molecule has 0 amide bonds. The lowest BCUT2D eigenvalue weighted by Gasteiger charge is -2.35. The van der Waals surface area contributed by atoms with Gasteiger partial charge in [0.1, 0.15) is 0 Å². The van der Waals surface area contributed by atoms with Gasteiger partial charge in [0.2, 0.25) is 0 Å². The Morgan fingerprint density at radius 2 is 1.72 bits per heavy atom. The van der Waals surface area contributed by atoms with Crippen LogP contribution in [0.4, 0.5) is 0 Å². The smallest absolute Gasteiger partial charge is 0.0805 e. The van der Waals surface area contributed by atoms with Crippen LogP contribution in [-0.2, 0) is 5.41 Å². The third kappa shape index (κ3) is 5.25. The molecule has 2 aliphatic rings. The highest BCUT2D eigenvalue weighted by molar-refractivity contribution is 5.48. The molecule has 0 aliphatic heterocycles. The van der Waals surface area contributed by atoms with Gasteiger partial charge in [-0.05, 0) is 55.7 Å². The third-order valence-corrected chi connectivity index (χ3v) is 6.83. The Morgan fingerprint density at radius 3 is 2.38 bits per heavy atom. The molecule has 3 rings (SSSR count). The van der Waals surface area contributed by atoms with Gasteiger partial charge in [-0.25, -0.2) is 0 Å². The van der Waals surface area contributed by atoms with Crippen molar-refractivity contribution in [1.29, 1.82) is 0 Å². The Hall–Kier alpha value is -2.18. The molecule has 0 bridgehead atoms. The van der Waals surface area contributed by atoms with Crippen molar-refractivity contribution in [3.05, 3.63) is 59.7 Å². The van der Waals surface area contributed by atoms with Crippen LogP contribution in [0.15, 0.2) is 48.6 Å². The number of hydrogen-bond acceptors (Lipinski definition) is 0. The molecule has 1 fully saturated rings. The molecule has 0 N–H and O–H groups in total. The van der Waals surface area contributed by atoms with Crippen LogP contribution in [-0.4, -0.2) is 0 Å². The van der Waals surface area contributed by atoms with Gasteiger partial charge >= 0.3 is 0 Å². The Labute approximate surface area is 178 Å². The molecule has 0 spiro atoms. The Bertz CT molecular complexity index is 796. The van der Waals surface area contributed by atoms with Crippen LogP contribution in [0.3, 0.4) is 0 Å². The molecule has 1 saturated carbocycles.